The normalized spacial score (nSPS) is 12.5. The Labute approximate surface area is 94.8 Å². The largest absolute Gasteiger partial charge is 0.476 e. The van der Waals surface area contributed by atoms with Crippen LogP contribution in [0.2, 0.25) is 0 Å². The van der Waals surface area contributed by atoms with Crippen molar-refractivity contribution in [2.45, 2.75) is 20.0 Å². The Morgan fingerprint density at radius 3 is 2.53 bits per heavy atom. The van der Waals surface area contributed by atoms with Crippen molar-refractivity contribution in [2.24, 2.45) is 5.41 Å². The van der Waals surface area contributed by atoms with E-state index in [9.17, 15) is 18.0 Å². The van der Waals surface area contributed by atoms with Crippen LogP contribution in [0.4, 0.5) is 18.0 Å². The molecule has 1 aromatic rings. The van der Waals surface area contributed by atoms with Crippen LogP contribution in [0.1, 0.15) is 13.8 Å². The van der Waals surface area contributed by atoms with Crippen molar-refractivity contribution in [2.75, 3.05) is 6.61 Å². The van der Waals surface area contributed by atoms with Gasteiger partial charge in [-0.25, -0.2) is 4.79 Å². The molecule has 0 amide bonds. The van der Waals surface area contributed by atoms with E-state index < -0.39 is 24.3 Å². The molecular formula is C9H11F3N2O3. The maximum atomic E-state index is 12.5. The molecule has 0 atom stereocenters. The fourth-order valence-electron chi connectivity index (χ4n) is 0.827. The number of ether oxygens (including phenoxy) is 1. The van der Waals surface area contributed by atoms with Crippen LogP contribution in [0.25, 0.3) is 0 Å². The van der Waals surface area contributed by atoms with Crippen LogP contribution in [0.3, 0.4) is 0 Å². The number of hydrogen-bond acceptors (Lipinski definition) is 3. The monoisotopic (exact) mass is 252 g/mol. The van der Waals surface area contributed by atoms with Crippen molar-refractivity contribution < 1.29 is 27.8 Å². The lowest BCUT2D eigenvalue weighted by molar-refractivity contribution is -0.219. The Hall–Kier alpha value is -1.73. The van der Waals surface area contributed by atoms with Gasteiger partial charge in [0.15, 0.2) is 0 Å². The molecule has 1 N–H and O–H groups in total. The molecule has 0 aliphatic rings. The zero-order valence-corrected chi connectivity index (χ0v) is 9.15. The number of alkyl halides is 3. The smallest absolute Gasteiger partial charge is 0.432 e. The third-order valence-electron chi connectivity index (χ3n) is 2.11. The fourth-order valence-corrected chi connectivity index (χ4v) is 0.827. The summed E-state index contributed by atoms with van der Waals surface area (Å²) in [4.78, 5) is 10.4. The molecule has 1 rings (SSSR count). The third-order valence-corrected chi connectivity index (χ3v) is 2.11. The number of rotatable bonds is 3. The predicted molar refractivity (Wildman–Crippen MR) is 51.0 cm³/mol. The first-order valence-corrected chi connectivity index (χ1v) is 4.62. The molecule has 0 radical (unpaired) electrons. The van der Waals surface area contributed by atoms with E-state index in [2.05, 4.69) is 5.10 Å². The first kappa shape index (κ1) is 13.3. The van der Waals surface area contributed by atoms with E-state index in [0.29, 0.717) is 4.68 Å². The Bertz CT molecular complexity index is 412. The number of carboxylic acid groups (broad SMARTS) is 1. The third kappa shape index (κ3) is 3.11. The first-order chi connectivity index (χ1) is 7.63. The van der Waals surface area contributed by atoms with Crippen LogP contribution in [-0.4, -0.2) is 33.8 Å². The van der Waals surface area contributed by atoms with E-state index in [4.69, 9.17) is 9.84 Å². The van der Waals surface area contributed by atoms with Crippen molar-refractivity contribution in [3.05, 3.63) is 12.3 Å². The number of carbonyl (C=O) groups is 1. The van der Waals surface area contributed by atoms with Crippen LogP contribution in [0.15, 0.2) is 12.3 Å². The summed E-state index contributed by atoms with van der Waals surface area (Å²) in [7, 11) is 0. The predicted octanol–water partition coefficient (Wildman–Crippen LogP) is 2.38. The number of halogens is 3. The molecule has 0 spiro atoms. The second-order valence-corrected chi connectivity index (χ2v) is 4.05. The molecule has 1 aromatic heterocycles. The molecule has 96 valence electrons. The van der Waals surface area contributed by atoms with Crippen molar-refractivity contribution in [3.8, 4) is 5.88 Å². The zero-order valence-electron chi connectivity index (χ0n) is 9.15. The minimum atomic E-state index is -4.40. The van der Waals surface area contributed by atoms with Gasteiger partial charge in [-0.1, -0.05) is 0 Å². The average molecular weight is 252 g/mol. The van der Waals surface area contributed by atoms with Crippen LogP contribution in [0.5, 0.6) is 5.88 Å². The topological polar surface area (TPSA) is 64.3 Å². The summed E-state index contributed by atoms with van der Waals surface area (Å²) in [6.07, 6.45) is -4.66. The summed E-state index contributed by atoms with van der Waals surface area (Å²) in [6.45, 7) is 1.34. The summed E-state index contributed by atoms with van der Waals surface area (Å²) in [5, 5.41) is 11.9. The van der Waals surface area contributed by atoms with Gasteiger partial charge in [-0.3, -0.25) is 0 Å². The molecule has 0 saturated heterocycles. The molecule has 0 aliphatic heterocycles. The van der Waals surface area contributed by atoms with E-state index in [1.54, 1.807) is 0 Å². The number of hydrogen-bond donors (Lipinski definition) is 1. The second kappa shape index (κ2) is 4.27. The van der Waals surface area contributed by atoms with E-state index in [1.165, 1.54) is 6.07 Å². The lowest BCUT2D eigenvalue weighted by atomic mass is 9.94. The van der Waals surface area contributed by atoms with Crippen LogP contribution in [-0.2, 0) is 0 Å². The minimum absolute atomic E-state index is 0.162. The summed E-state index contributed by atoms with van der Waals surface area (Å²) >= 11 is 0. The van der Waals surface area contributed by atoms with Crippen LogP contribution in [0, 0.1) is 5.41 Å². The standard InChI is InChI=1S/C9H11F3N2O3/c1-8(2,9(10,11)12)5-17-6-3-4-14(13-6)7(15)16/h3-4H,5H2,1-2H3,(H,15,16). The molecule has 0 aliphatic carbocycles. The van der Waals surface area contributed by atoms with E-state index in [1.807, 2.05) is 0 Å². The quantitative estimate of drug-likeness (QED) is 0.896. The van der Waals surface area contributed by atoms with Crippen molar-refractivity contribution in [1.29, 1.82) is 0 Å². The maximum absolute atomic E-state index is 12.5. The molecule has 0 unspecified atom stereocenters. The van der Waals surface area contributed by atoms with Gasteiger partial charge >= 0.3 is 12.3 Å². The number of nitrogens with zero attached hydrogens (tertiary/aromatic N) is 2. The zero-order chi connectivity index (χ0) is 13.3. The highest BCUT2D eigenvalue weighted by Crippen LogP contribution is 2.37. The van der Waals surface area contributed by atoms with Crippen LogP contribution < -0.4 is 4.74 Å². The molecule has 1 heterocycles. The fraction of sp³-hybridized carbons (Fsp3) is 0.556. The van der Waals surface area contributed by atoms with Gasteiger partial charge < -0.3 is 9.84 Å². The first-order valence-electron chi connectivity index (χ1n) is 4.62. The number of aromatic nitrogens is 2. The summed E-state index contributed by atoms with van der Waals surface area (Å²) in [5.74, 6) is -0.162. The molecule has 17 heavy (non-hydrogen) atoms. The molecule has 0 fully saturated rings. The van der Waals surface area contributed by atoms with Crippen LogP contribution >= 0.6 is 0 Å². The molecule has 0 aromatic carbocycles. The average Bonchev–Trinajstić information content (AvgIpc) is 2.61. The second-order valence-electron chi connectivity index (χ2n) is 4.05. The van der Waals surface area contributed by atoms with Crippen molar-refractivity contribution in [3.63, 3.8) is 0 Å². The van der Waals surface area contributed by atoms with Gasteiger partial charge in [-0.05, 0) is 13.8 Å². The highest BCUT2D eigenvalue weighted by Gasteiger charge is 2.48. The van der Waals surface area contributed by atoms with E-state index in [0.717, 1.165) is 20.0 Å². The van der Waals surface area contributed by atoms with Gasteiger partial charge in [0.25, 0.3) is 0 Å². The minimum Gasteiger partial charge on any atom is -0.476 e. The van der Waals surface area contributed by atoms with Gasteiger partial charge in [0.05, 0.1) is 5.41 Å². The highest BCUT2D eigenvalue weighted by atomic mass is 19.4. The Balaban J connectivity index is 2.64. The Kier molecular flexibility index (Phi) is 3.35. The van der Waals surface area contributed by atoms with Gasteiger partial charge in [0, 0.05) is 12.3 Å². The lowest BCUT2D eigenvalue weighted by Crippen LogP contribution is -2.37. The van der Waals surface area contributed by atoms with Gasteiger partial charge in [0.1, 0.15) is 6.61 Å². The Morgan fingerprint density at radius 1 is 1.53 bits per heavy atom. The maximum Gasteiger partial charge on any atom is 0.432 e. The van der Waals surface area contributed by atoms with Gasteiger partial charge in [-0.15, -0.1) is 5.10 Å². The highest BCUT2D eigenvalue weighted by molar-refractivity contribution is 5.66. The van der Waals surface area contributed by atoms with Gasteiger partial charge in [-0.2, -0.15) is 17.9 Å². The summed E-state index contributed by atoms with van der Waals surface area (Å²) in [5.41, 5.74) is -2.03. The molecule has 5 nitrogen and oxygen atoms in total. The van der Waals surface area contributed by atoms with Crippen molar-refractivity contribution in [1.82, 2.24) is 9.78 Å². The van der Waals surface area contributed by atoms with Crippen molar-refractivity contribution >= 4 is 6.09 Å². The molecule has 8 heteroatoms. The SMILES string of the molecule is CC(C)(COc1ccn(C(=O)O)n1)C(F)(F)F. The molecule has 0 saturated carbocycles. The van der Waals surface area contributed by atoms with Gasteiger partial charge in [0.2, 0.25) is 5.88 Å². The molecule has 0 bridgehead atoms. The van der Waals surface area contributed by atoms with E-state index >= 15 is 0 Å². The van der Waals surface area contributed by atoms with E-state index in [-0.39, 0.29) is 5.88 Å². The Morgan fingerprint density at radius 2 is 2.12 bits per heavy atom. The molecular weight excluding hydrogens is 241 g/mol. The summed E-state index contributed by atoms with van der Waals surface area (Å²) < 4.78 is 42.8. The summed E-state index contributed by atoms with van der Waals surface area (Å²) in [6, 6.07) is 1.18. The lowest BCUT2D eigenvalue weighted by Gasteiger charge is -2.26.